The van der Waals surface area contributed by atoms with Crippen molar-refractivity contribution < 1.29 is 14.5 Å². The molecule has 3 aromatic rings. The number of imidazole rings is 1. The van der Waals surface area contributed by atoms with Crippen LogP contribution in [-0.4, -0.2) is 32.7 Å². The van der Waals surface area contributed by atoms with Gasteiger partial charge in [0.2, 0.25) is 5.91 Å². The third kappa shape index (κ3) is 5.58. The summed E-state index contributed by atoms with van der Waals surface area (Å²) in [5.41, 5.74) is 2.13. The molecule has 3 rings (SSSR count). The van der Waals surface area contributed by atoms with Gasteiger partial charge in [-0.2, -0.15) is 0 Å². The lowest BCUT2D eigenvalue weighted by atomic mass is 10.2. The first-order valence-electron chi connectivity index (χ1n) is 9.82. The highest BCUT2D eigenvalue weighted by atomic mass is 35.5. The third-order valence-corrected chi connectivity index (χ3v) is 5.04. The van der Waals surface area contributed by atoms with Gasteiger partial charge in [-0.25, -0.2) is 4.98 Å². The molecule has 2 N–H and O–H groups in total. The van der Waals surface area contributed by atoms with Gasteiger partial charge in [-0.15, -0.1) is 0 Å². The predicted octanol–water partition coefficient (Wildman–Crippen LogP) is 4.13. The fraction of sp³-hybridized carbons (Fsp3) is 0.286. The molecule has 0 unspecified atom stereocenters. The second kappa shape index (κ2) is 10.0. The van der Waals surface area contributed by atoms with Crippen LogP contribution in [0, 0.1) is 17.0 Å². The number of rotatable bonds is 9. The van der Waals surface area contributed by atoms with Crippen molar-refractivity contribution in [2.45, 2.75) is 32.6 Å². The minimum absolute atomic E-state index is 0.118. The topological polar surface area (TPSA) is 119 Å². The van der Waals surface area contributed by atoms with E-state index in [4.69, 9.17) is 11.6 Å². The number of hydrogen-bond acceptors (Lipinski definition) is 5. The number of carbonyl (C=O) groups excluding carboxylic acids is 2. The Morgan fingerprint density at radius 1 is 1.19 bits per heavy atom. The number of halogens is 1. The third-order valence-electron chi connectivity index (χ3n) is 4.72. The van der Waals surface area contributed by atoms with Crippen LogP contribution in [0.4, 0.5) is 11.4 Å². The van der Waals surface area contributed by atoms with E-state index in [0.29, 0.717) is 30.0 Å². The number of benzene rings is 1. The maximum Gasteiger partial charge on any atom is 0.271 e. The van der Waals surface area contributed by atoms with Crippen LogP contribution in [0.25, 0.3) is 5.65 Å². The molecular formula is C21H22ClN5O4. The summed E-state index contributed by atoms with van der Waals surface area (Å²) >= 11 is 5.97. The number of hydrogen-bond donors (Lipinski definition) is 2. The molecule has 31 heavy (non-hydrogen) atoms. The van der Waals surface area contributed by atoms with Crippen molar-refractivity contribution in [1.29, 1.82) is 0 Å². The van der Waals surface area contributed by atoms with Crippen molar-refractivity contribution >= 4 is 40.4 Å². The second-order valence-corrected chi connectivity index (χ2v) is 7.42. The van der Waals surface area contributed by atoms with Gasteiger partial charge >= 0.3 is 0 Å². The summed E-state index contributed by atoms with van der Waals surface area (Å²) in [6.07, 6.45) is 4.22. The molecule has 0 atom stereocenters. The number of aromatic nitrogens is 2. The lowest BCUT2D eigenvalue weighted by molar-refractivity contribution is -0.384. The van der Waals surface area contributed by atoms with E-state index in [1.807, 2.05) is 18.2 Å². The zero-order valence-corrected chi connectivity index (χ0v) is 17.7. The Balaban J connectivity index is 1.38. The van der Waals surface area contributed by atoms with Crippen molar-refractivity contribution in [1.82, 2.24) is 14.7 Å². The quantitative estimate of drug-likeness (QED) is 0.293. The Morgan fingerprint density at radius 3 is 2.74 bits per heavy atom. The molecule has 2 amide bonds. The average molecular weight is 444 g/mol. The molecule has 2 heterocycles. The number of unbranched alkanes of at least 4 members (excludes halogenated alkanes) is 2. The van der Waals surface area contributed by atoms with E-state index in [1.165, 1.54) is 18.2 Å². The maximum atomic E-state index is 12.5. The van der Waals surface area contributed by atoms with Gasteiger partial charge in [-0.1, -0.05) is 24.1 Å². The summed E-state index contributed by atoms with van der Waals surface area (Å²) < 4.78 is 1.76. The number of pyridine rings is 1. The van der Waals surface area contributed by atoms with E-state index in [9.17, 15) is 19.7 Å². The second-order valence-electron chi connectivity index (χ2n) is 7.01. The molecule has 0 bridgehead atoms. The summed E-state index contributed by atoms with van der Waals surface area (Å²) in [4.78, 5) is 39.1. The Morgan fingerprint density at radius 2 is 2.00 bits per heavy atom. The van der Waals surface area contributed by atoms with Crippen molar-refractivity contribution in [3.8, 4) is 0 Å². The van der Waals surface area contributed by atoms with Gasteiger partial charge in [-0.3, -0.25) is 24.1 Å². The number of nitrogens with one attached hydrogen (secondary N) is 2. The van der Waals surface area contributed by atoms with E-state index >= 15 is 0 Å². The van der Waals surface area contributed by atoms with Crippen LogP contribution in [0.1, 0.15) is 41.9 Å². The molecule has 0 radical (unpaired) electrons. The summed E-state index contributed by atoms with van der Waals surface area (Å²) in [6.45, 7) is 2.30. The highest BCUT2D eigenvalue weighted by Crippen LogP contribution is 2.26. The molecule has 0 aliphatic rings. The number of amides is 2. The number of anilines is 1. The molecule has 0 aliphatic carbocycles. The number of non-ortho nitro benzene ring substituents is 1. The zero-order chi connectivity index (χ0) is 22.4. The molecule has 0 fully saturated rings. The largest absolute Gasteiger partial charge is 0.351 e. The van der Waals surface area contributed by atoms with Crippen molar-refractivity contribution in [3.63, 3.8) is 0 Å². The molecule has 10 heteroatoms. The van der Waals surface area contributed by atoms with Crippen LogP contribution in [0.15, 0.2) is 42.6 Å². The molecular weight excluding hydrogens is 422 g/mol. The fourth-order valence-electron chi connectivity index (χ4n) is 3.19. The Bertz CT molecular complexity index is 1130. The number of nitro groups is 1. The summed E-state index contributed by atoms with van der Waals surface area (Å²) in [5.74, 6) is -0.400. The van der Waals surface area contributed by atoms with Crippen molar-refractivity contribution in [2.75, 3.05) is 11.9 Å². The van der Waals surface area contributed by atoms with Crippen LogP contribution in [0.5, 0.6) is 0 Å². The molecule has 1 aromatic carbocycles. The smallest absolute Gasteiger partial charge is 0.271 e. The molecule has 0 saturated heterocycles. The van der Waals surface area contributed by atoms with Gasteiger partial charge in [-0.05, 0) is 38.0 Å². The molecule has 0 saturated carbocycles. The SMILES string of the molecule is Cc1nc2ccccn2c1C(=O)NCCCCCC(=O)Nc1ccc([N+](=O)[O-])cc1Cl. The standard InChI is InChI=1S/C21H22ClN5O4/c1-14-20(26-12-6-4-7-18(26)24-14)21(29)23-11-5-2-3-8-19(28)25-17-10-9-15(27(30)31)13-16(17)22/h4,6-7,9-10,12-13H,2-3,5,8,11H2,1H3,(H,23,29)(H,25,28). The van der Waals surface area contributed by atoms with Gasteiger partial charge in [0.05, 0.1) is 21.3 Å². The van der Waals surface area contributed by atoms with E-state index in [-0.39, 0.29) is 28.9 Å². The van der Waals surface area contributed by atoms with E-state index in [2.05, 4.69) is 15.6 Å². The summed E-state index contributed by atoms with van der Waals surface area (Å²) in [7, 11) is 0. The highest BCUT2D eigenvalue weighted by molar-refractivity contribution is 6.33. The predicted molar refractivity (Wildman–Crippen MR) is 117 cm³/mol. The van der Waals surface area contributed by atoms with Crippen LogP contribution in [0.3, 0.4) is 0 Å². The van der Waals surface area contributed by atoms with Gasteiger partial charge in [0.25, 0.3) is 11.6 Å². The van der Waals surface area contributed by atoms with Crippen LogP contribution in [-0.2, 0) is 4.79 Å². The normalized spacial score (nSPS) is 10.8. The van der Waals surface area contributed by atoms with E-state index in [0.717, 1.165) is 18.5 Å². The number of nitrogens with zero attached hydrogens (tertiary/aromatic N) is 3. The summed E-state index contributed by atoms with van der Waals surface area (Å²) in [6, 6.07) is 9.46. The van der Waals surface area contributed by atoms with Gasteiger partial charge in [0, 0.05) is 31.3 Å². The van der Waals surface area contributed by atoms with E-state index in [1.54, 1.807) is 17.5 Å². The first kappa shape index (κ1) is 22.2. The van der Waals surface area contributed by atoms with Crippen LogP contribution >= 0.6 is 11.6 Å². The molecule has 0 spiro atoms. The lowest BCUT2D eigenvalue weighted by Crippen LogP contribution is -2.26. The zero-order valence-electron chi connectivity index (χ0n) is 16.9. The fourth-order valence-corrected chi connectivity index (χ4v) is 3.41. The minimum Gasteiger partial charge on any atom is -0.351 e. The Labute approximate surface area is 183 Å². The first-order valence-corrected chi connectivity index (χ1v) is 10.2. The van der Waals surface area contributed by atoms with Gasteiger partial charge in [0.1, 0.15) is 11.3 Å². The molecule has 162 valence electrons. The number of carbonyl (C=O) groups is 2. The van der Waals surface area contributed by atoms with Gasteiger partial charge in [0.15, 0.2) is 0 Å². The van der Waals surface area contributed by atoms with Crippen LogP contribution in [0.2, 0.25) is 5.02 Å². The number of fused-ring (bicyclic) bond motifs is 1. The lowest BCUT2D eigenvalue weighted by Gasteiger charge is -2.08. The number of nitro benzene ring substituents is 1. The van der Waals surface area contributed by atoms with Gasteiger partial charge < -0.3 is 10.6 Å². The molecule has 0 aliphatic heterocycles. The number of aryl methyl sites for hydroxylation is 1. The first-order chi connectivity index (χ1) is 14.9. The summed E-state index contributed by atoms with van der Waals surface area (Å²) in [5, 5.41) is 16.4. The van der Waals surface area contributed by atoms with E-state index < -0.39 is 4.92 Å². The average Bonchev–Trinajstić information content (AvgIpc) is 3.07. The van der Waals surface area contributed by atoms with Crippen molar-refractivity contribution in [2.24, 2.45) is 0 Å². The molecule has 9 nitrogen and oxygen atoms in total. The monoisotopic (exact) mass is 443 g/mol. The maximum absolute atomic E-state index is 12.5. The highest BCUT2D eigenvalue weighted by Gasteiger charge is 2.15. The van der Waals surface area contributed by atoms with Crippen LogP contribution < -0.4 is 10.6 Å². The van der Waals surface area contributed by atoms with Crippen molar-refractivity contribution in [3.05, 3.63) is 69.1 Å². The Kier molecular flexibility index (Phi) is 7.19. The molecule has 2 aromatic heterocycles. The Hall–Kier alpha value is -3.46. The minimum atomic E-state index is -0.549.